The van der Waals surface area contributed by atoms with Crippen molar-refractivity contribution in [3.63, 3.8) is 0 Å². The molecule has 0 saturated heterocycles. The minimum atomic E-state index is -0.896. The van der Waals surface area contributed by atoms with E-state index in [9.17, 15) is 8.78 Å². The Morgan fingerprint density at radius 3 is 2.40 bits per heavy atom. The highest BCUT2D eigenvalue weighted by Gasteiger charge is 2.07. The number of benzene rings is 1. The Morgan fingerprint density at radius 2 is 1.90 bits per heavy atom. The molecular weight excluding hydrogens is 222 g/mol. The third-order valence-electron chi connectivity index (χ3n) is 1.01. The van der Waals surface area contributed by atoms with Crippen molar-refractivity contribution < 1.29 is 8.78 Å². The molecule has 0 bridgehead atoms. The summed E-state index contributed by atoms with van der Waals surface area (Å²) in [5.41, 5.74) is 0. The zero-order valence-electron chi connectivity index (χ0n) is 4.74. The average molecular weight is 225 g/mol. The van der Waals surface area contributed by atoms with Crippen LogP contribution in [0.5, 0.6) is 0 Å². The van der Waals surface area contributed by atoms with E-state index in [1.165, 1.54) is 6.07 Å². The predicted octanol–water partition coefficient (Wildman–Crippen LogP) is 3.02. The Balaban J connectivity index is 3.34. The van der Waals surface area contributed by atoms with Gasteiger partial charge in [-0.25, -0.2) is 8.78 Å². The quantitative estimate of drug-likeness (QED) is 0.509. The van der Waals surface area contributed by atoms with Crippen LogP contribution in [0.1, 0.15) is 0 Å². The van der Waals surface area contributed by atoms with Gasteiger partial charge < -0.3 is 0 Å². The van der Waals surface area contributed by atoms with Gasteiger partial charge in [0.25, 0.3) is 0 Å². The molecule has 0 aliphatic carbocycles. The molecule has 0 aromatic heterocycles. The Kier molecular flexibility index (Phi) is 2.31. The molecule has 54 valence electrons. The third-order valence-corrected chi connectivity index (χ3v) is 2.47. The number of halogens is 3. The van der Waals surface area contributed by atoms with Gasteiger partial charge in [0.15, 0.2) is 11.6 Å². The molecule has 1 rings (SSSR count). The van der Waals surface area contributed by atoms with Gasteiger partial charge in [-0.05, 0) is 28.1 Å². The summed E-state index contributed by atoms with van der Waals surface area (Å²) in [6.07, 6.45) is 0. The first-order valence-corrected chi connectivity index (χ1v) is 3.69. The van der Waals surface area contributed by atoms with Crippen molar-refractivity contribution in [2.45, 2.75) is 4.90 Å². The minimum absolute atomic E-state index is 0.0656. The van der Waals surface area contributed by atoms with Crippen molar-refractivity contribution in [3.05, 3.63) is 28.2 Å². The number of hydrogen-bond donors (Lipinski definition) is 1. The summed E-state index contributed by atoms with van der Waals surface area (Å²) in [5, 5.41) is 0. The lowest BCUT2D eigenvalue weighted by molar-refractivity contribution is 0.501. The summed E-state index contributed by atoms with van der Waals surface area (Å²) in [6.45, 7) is 0. The van der Waals surface area contributed by atoms with Gasteiger partial charge in [-0.3, -0.25) is 0 Å². The molecule has 0 nitrogen and oxygen atoms in total. The lowest BCUT2D eigenvalue weighted by atomic mass is 10.3. The molecule has 0 amide bonds. The molecule has 0 saturated carbocycles. The predicted molar refractivity (Wildman–Crippen MR) is 41.3 cm³/mol. The summed E-state index contributed by atoms with van der Waals surface area (Å²) in [7, 11) is 0. The molecule has 4 heteroatoms. The fraction of sp³-hybridized carbons (Fsp3) is 0. The van der Waals surface area contributed by atoms with Crippen LogP contribution >= 0.6 is 28.6 Å². The SMILES string of the molecule is Fc1ccc(S)c(Br)c1F. The van der Waals surface area contributed by atoms with E-state index in [0.29, 0.717) is 4.90 Å². The minimum Gasteiger partial charge on any atom is -0.204 e. The van der Waals surface area contributed by atoms with Gasteiger partial charge >= 0.3 is 0 Å². The molecule has 0 aliphatic heterocycles. The maximum Gasteiger partial charge on any atom is 0.174 e. The zero-order valence-corrected chi connectivity index (χ0v) is 7.22. The molecule has 0 radical (unpaired) electrons. The second-order valence-electron chi connectivity index (χ2n) is 1.69. The normalized spacial score (nSPS) is 10.0. The Hall–Kier alpha value is -0.0900. The largest absolute Gasteiger partial charge is 0.204 e. The van der Waals surface area contributed by atoms with Gasteiger partial charge in [0.1, 0.15) is 0 Å². The molecular formula is C6H3BrF2S. The molecule has 10 heavy (non-hydrogen) atoms. The fourth-order valence-corrected chi connectivity index (χ4v) is 1.01. The third kappa shape index (κ3) is 1.32. The summed E-state index contributed by atoms with van der Waals surface area (Å²) >= 11 is 6.70. The van der Waals surface area contributed by atoms with E-state index >= 15 is 0 Å². The maximum absolute atomic E-state index is 12.5. The molecule has 1 aromatic carbocycles. The van der Waals surface area contributed by atoms with Crippen LogP contribution in [0.15, 0.2) is 21.5 Å². The first kappa shape index (κ1) is 8.01. The molecule has 0 fully saturated rings. The van der Waals surface area contributed by atoms with E-state index in [4.69, 9.17) is 0 Å². The van der Waals surface area contributed by atoms with E-state index in [2.05, 4.69) is 28.6 Å². The first-order chi connectivity index (χ1) is 4.63. The van der Waals surface area contributed by atoms with Gasteiger partial charge in [-0.1, -0.05) is 0 Å². The van der Waals surface area contributed by atoms with Crippen LogP contribution in [-0.2, 0) is 0 Å². The van der Waals surface area contributed by atoms with Crippen molar-refractivity contribution in [2.75, 3.05) is 0 Å². The van der Waals surface area contributed by atoms with Crippen LogP contribution in [0.3, 0.4) is 0 Å². The molecule has 1 aromatic rings. The summed E-state index contributed by atoms with van der Waals surface area (Å²) < 4.78 is 24.9. The lowest BCUT2D eigenvalue weighted by Gasteiger charge is -1.97. The smallest absolute Gasteiger partial charge is 0.174 e. The second-order valence-corrected chi connectivity index (χ2v) is 2.97. The van der Waals surface area contributed by atoms with Gasteiger partial charge in [0, 0.05) is 4.90 Å². The molecule has 0 spiro atoms. The summed E-state index contributed by atoms with van der Waals surface area (Å²) in [6, 6.07) is 2.41. The lowest BCUT2D eigenvalue weighted by Crippen LogP contribution is -1.85. The zero-order chi connectivity index (χ0) is 7.72. The summed E-state index contributed by atoms with van der Waals surface area (Å²) in [5.74, 6) is -1.77. The van der Waals surface area contributed by atoms with Crippen molar-refractivity contribution in [2.24, 2.45) is 0 Å². The topological polar surface area (TPSA) is 0 Å². The highest BCUT2D eigenvalue weighted by molar-refractivity contribution is 9.10. The van der Waals surface area contributed by atoms with E-state index < -0.39 is 11.6 Å². The average Bonchev–Trinajstić information content (AvgIpc) is 1.93. The van der Waals surface area contributed by atoms with Crippen LogP contribution < -0.4 is 0 Å². The maximum atomic E-state index is 12.5. The highest BCUT2D eigenvalue weighted by Crippen LogP contribution is 2.25. The molecule has 0 heterocycles. The van der Waals surface area contributed by atoms with Gasteiger partial charge in [0.2, 0.25) is 0 Å². The van der Waals surface area contributed by atoms with Gasteiger partial charge in [-0.15, -0.1) is 12.6 Å². The van der Waals surface area contributed by atoms with E-state index in [1.807, 2.05) is 0 Å². The van der Waals surface area contributed by atoms with Crippen LogP contribution in [0.25, 0.3) is 0 Å². The Bertz CT molecular complexity index is 235. The van der Waals surface area contributed by atoms with Crippen LogP contribution in [0.2, 0.25) is 0 Å². The standard InChI is InChI=1S/C6H3BrF2S/c7-5-4(10)2-1-3(8)6(5)9/h1-2,10H. The van der Waals surface area contributed by atoms with Crippen molar-refractivity contribution >= 4 is 28.6 Å². The second kappa shape index (κ2) is 2.88. The number of hydrogen-bond acceptors (Lipinski definition) is 1. The van der Waals surface area contributed by atoms with Gasteiger partial charge in [-0.2, -0.15) is 0 Å². The van der Waals surface area contributed by atoms with Crippen molar-refractivity contribution in [3.8, 4) is 0 Å². The Labute approximate surface area is 70.8 Å². The Morgan fingerprint density at radius 1 is 1.30 bits per heavy atom. The highest BCUT2D eigenvalue weighted by atomic mass is 79.9. The molecule has 0 N–H and O–H groups in total. The van der Waals surface area contributed by atoms with Gasteiger partial charge in [0.05, 0.1) is 4.47 Å². The summed E-state index contributed by atoms with van der Waals surface area (Å²) in [4.78, 5) is 0.388. The first-order valence-electron chi connectivity index (χ1n) is 2.45. The van der Waals surface area contributed by atoms with Crippen LogP contribution in [0.4, 0.5) is 8.78 Å². The van der Waals surface area contributed by atoms with E-state index in [0.717, 1.165) is 6.07 Å². The van der Waals surface area contributed by atoms with E-state index in [1.54, 1.807) is 0 Å². The molecule has 0 unspecified atom stereocenters. The monoisotopic (exact) mass is 224 g/mol. The van der Waals surface area contributed by atoms with E-state index in [-0.39, 0.29) is 4.47 Å². The number of thiol groups is 1. The molecule has 0 aliphatic rings. The van der Waals surface area contributed by atoms with Crippen molar-refractivity contribution in [1.29, 1.82) is 0 Å². The van der Waals surface area contributed by atoms with Crippen molar-refractivity contribution in [1.82, 2.24) is 0 Å². The number of rotatable bonds is 0. The fourth-order valence-electron chi connectivity index (χ4n) is 0.516. The van der Waals surface area contributed by atoms with Crippen LogP contribution in [0, 0.1) is 11.6 Å². The molecule has 0 atom stereocenters. The van der Waals surface area contributed by atoms with Crippen LogP contribution in [-0.4, -0.2) is 0 Å².